The molecule has 0 fully saturated rings. The third-order valence-corrected chi connectivity index (χ3v) is 3.26. The second-order valence-electron chi connectivity index (χ2n) is 3.99. The highest BCUT2D eigenvalue weighted by Gasteiger charge is 2.78. The van der Waals surface area contributed by atoms with Crippen molar-refractivity contribution in [3.63, 3.8) is 0 Å². The van der Waals surface area contributed by atoms with E-state index in [-0.39, 0.29) is 5.02 Å². The Bertz CT molecular complexity index is 632. The third-order valence-electron chi connectivity index (χ3n) is 2.52. The summed E-state index contributed by atoms with van der Waals surface area (Å²) in [5.74, 6) is -24.8. The van der Waals surface area contributed by atoms with Crippen molar-refractivity contribution in [1.82, 2.24) is 0 Å². The van der Waals surface area contributed by atoms with Crippen LogP contribution in [0.1, 0.15) is 10.4 Å². The summed E-state index contributed by atoms with van der Waals surface area (Å²) in [6.07, 6.45) is 0. The monoisotopic (exact) mass is 368 g/mol. The van der Waals surface area contributed by atoms with Gasteiger partial charge in [0.15, 0.2) is 0 Å². The van der Waals surface area contributed by atoms with E-state index in [0.29, 0.717) is 12.1 Å². The Kier molecular flexibility index (Phi) is 4.74. The van der Waals surface area contributed by atoms with Crippen LogP contribution in [0.3, 0.4) is 0 Å². The van der Waals surface area contributed by atoms with Gasteiger partial charge in [-0.05, 0) is 18.2 Å². The molecule has 3 nitrogen and oxygen atoms in total. The largest absolute Gasteiger partial charge is 0.477 e. The number of carboxylic acids is 1. The van der Waals surface area contributed by atoms with Gasteiger partial charge in [-0.25, -0.2) is 4.79 Å². The number of Topliss-reactive ketones (excluding diaryl/α,β-unsaturated/α-hetero) is 1. The van der Waals surface area contributed by atoms with E-state index < -0.39 is 40.1 Å². The Morgan fingerprint density at radius 2 is 1.41 bits per heavy atom. The van der Waals surface area contributed by atoms with Gasteiger partial charge in [0, 0.05) is 5.56 Å². The minimum Gasteiger partial charge on any atom is -0.477 e. The maximum Gasteiger partial charge on any atom is 0.411 e. The zero-order chi connectivity index (χ0) is 17.5. The number of hydrogen-bond donors (Lipinski definition) is 1. The van der Waals surface area contributed by atoms with Crippen molar-refractivity contribution in [1.29, 1.82) is 0 Å². The van der Waals surface area contributed by atoms with E-state index in [0.717, 1.165) is 6.07 Å². The number of ketones is 1. The summed E-state index contributed by atoms with van der Waals surface area (Å²) in [5.41, 5.74) is -1.14. The minimum atomic E-state index is -6.46. The molecule has 0 radical (unpaired) electrons. The van der Waals surface area contributed by atoms with Crippen molar-refractivity contribution in [2.45, 2.75) is 17.8 Å². The second kappa shape index (κ2) is 5.62. The Balaban J connectivity index is 3.35. The van der Waals surface area contributed by atoms with E-state index in [1.807, 2.05) is 0 Å². The molecule has 0 bridgehead atoms. The summed E-state index contributed by atoms with van der Waals surface area (Å²) < 4.78 is 78.9. The Labute approximate surface area is 128 Å². The summed E-state index contributed by atoms with van der Waals surface area (Å²) in [5, 5.41) is 7.29. The van der Waals surface area contributed by atoms with Crippen molar-refractivity contribution in [2.24, 2.45) is 0 Å². The number of carbonyl (C=O) groups excluding carboxylic acids is 1. The predicted octanol–water partition coefficient (Wildman–Crippen LogP) is 4.17. The molecule has 0 saturated heterocycles. The van der Waals surface area contributed by atoms with Crippen LogP contribution in [0, 0.1) is 0 Å². The van der Waals surface area contributed by atoms with Gasteiger partial charge in [0.25, 0.3) is 0 Å². The van der Waals surface area contributed by atoms with E-state index in [4.69, 9.17) is 28.3 Å². The molecule has 0 aliphatic carbocycles. The molecule has 1 rings (SSSR count). The molecule has 0 unspecified atom stereocenters. The Morgan fingerprint density at radius 1 is 0.909 bits per heavy atom. The molecule has 11 heteroatoms. The summed E-state index contributed by atoms with van der Waals surface area (Å²) in [6.45, 7) is 0. The van der Waals surface area contributed by atoms with Crippen LogP contribution in [-0.2, 0) is 4.79 Å². The van der Waals surface area contributed by atoms with Crippen LogP contribution in [-0.4, -0.2) is 34.6 Å². The van der Waals surface area contributed by atoms with Crippen LogP contribution >= 0.6 is 23.2 Å². The fourth-order valence-corrected chi connectivity index (χ4v) is 1.59. The second-order valence-corrected chi connectivity index (χ2v) is 4.80. The highest BCUT2D eigenvalue weighted by molar-refractivity contribution is 6.42. The molecule has 122 valence electrons. The number of carboxylic acid groups (broad SMARTS) is 1. The summed E-state index contributed by atoms with van der Waals surface area (Å²) >= 11 is 10.8. The first-order valence-corrected chi connectivity index (χ1v) is 5.89. The number of carbonyl (C=O) groups is 2. The van der Waals surface area contributed by atoms with E-state index in [2.05, 4.69) is 0 Å². The Hall–Kier alpha value is -1.48. The van der Waals surface area contributed by atoms with E-state index in [9.17, 15) is 35.9 Å². The molecule has 22 heavy (non-hydrogen) atoms. The molecule has 1 N–H and O–H groups in total. The summed E-state index contributed by atoms with van der Waals surface area (Å²) in [7, 11) is 0. The smallest absolute Gasteiger partial charge is 0.411 e. The van der Waals surface area contributed by atoms with Gasteiger partial charge >= 0.3 is 23.7 Å². The topological polar surface area (TPSA) is 54.4 Å². The van der Waals surface area contributed by atoms with Crippen molar-refractivity contribution < 1.29 is 41.0 Å². The van der Waals surface area contributed by atoms with Gasteiger partial charge in [0.2, 0.25) is 5.78 Å². The molecule has 0 heterocycles. The average Bonchev–Trinajstić information content (AvgIpc) is 2.40. The van der Waals surface area contributed by atoms with Gasteiger partial charge in [0.1, 0.15) is 0 Å². The number of alkyl halides is 6. The Morgan fingerprint density at radius 3 is 1.82 bits per heavy atom. The van der Waals surface area contributed by atoms with Gasteiger partial charge in [-0.1, -0.05) is 23.2 Å². The number of aliphatic carboxylic acids is 1. The zero-order valence-electron chi connectivity index (χ0n) is 10.0. The first kappa shape index (κ1) is 18.6. The molecule has 0 aromatic heterocycles. The van der Waals surface area contributed by atoms with Crippen LogP contribution in [0.2, 0.25) is 10.0 Å². The molecule has 0 aliphatic heterocycles. The lowest BCUT2D eigenvalue weighted by atomic mass is 9.96. The standard InChI is InChI=1S/C11H4Cl2F6O3/c12-5-2-1-4(3-6(5)13)7(20)9(14,15)11(18,19)10(16,17)8(21)22/h1-3H,(H,21,22). The lowest BCUT2D eigenvalue weighted by Gasteiger charge is -2.29. The van der Waals surface area contributed by atoms with Gasteiger partial charge in [-0.2, -0.15) is 26.3 Å². The molecular formula is C11H4Cl2F6O3. The highest BCUT2D eigenvalue weighted by Crippen LogP contribution is 2.47. The average molecular weight is 369 g/mol. The van der Waals surface area contributed by atoms with Crippen LogP contribution in [0.25, 0.3) is 0 Å². The lowest BCUT2D eigenvalue weighted by molar-refractivity contribution is -0.285. The van der Waals surface area contributed by atoms with E-state index >= 15 is 0 Å². The van der Waals surface area contributed by atoms with Crippen LogP contribution in [0.5, 0.6) is 0 Å². The van der Waals surface area contributed by atoms with E-state index in [1.165, 1.54) is 0 Å². The number of hydrogen-bond acceptors (Lipinski definition) is 2. The van der Waals surface area contributed by atoms with Crippen LogP contribution in [0.4, 0.5) is 26.3 Å². The molecule has 1 aromatic carbocycles. The van der Waals surface area contributed by atoms with Crippen molar-refractivity contribution >= 4 is 35.0 Å². The third kappa shape index (κ3) is 2.74. The van der Waals surface area contributed by atoms with Crippen molar-refractivity contribution in [2.75, 3.05) is 0 Å². The predicted molar refractivity (Wildman–Crippen MR) is 63.3 cm³/mol. The van der Waals surface area contributed by atoms with Crippen molar-refractivity contribution in [3.05, 3.63) is 33.8 Å². The highest BCUT2D eigenvalue weighted by atomic mass is 35.5. The molecule has 0 saturated carbocycles. The molecule has 0 amide bonds. The summed E-state index contributed by atoms with van der Waals surface area (Å²) in [6, 6.07) is 1.83. The first-order chi connectivity index (χ1) is 9.76. The zero-order valence-corrected chi connectivity index (χ0v) is 11.5. The fraction of sp³-hybridized carbons (Fsp3) is 0.273. The van der Waals surface area contributed by atoms with Crippen LogP contribution < -0.4 is 0 Å². The molecule has 0 aliphatic rings. The van der Waals surface area contributed by atoms with Gasteiger partial charge in [-0.15, -0.1) is 0 Å². The van der Waals surface area contributed by atoms with E-state index in [1.54, 1.807) is 0 Å². The fourth-order valence-electron chi connectivity index (χ4n) is 1.29. The summed E-state index contributed by atoms with van der Waals surface area (Å²) in [4.78, 5) is 21.4. The lowest BCUT2D eigenvalue weighted by Crippen LogP contribution is -2.60. The number of rotatable bonds is 5. The quantitative estimate of drug-likeness (QED) is 0.626. The number of halogens is 8. The van der Waals surface area contributed by atoms with Crippen LogP contribution in [0.15, 0.2) is 18.2 Å². The maximum absolute atomic E-state index is 13.5. The minimum absolute atomic E-state index is 0.204. The molecular weight excluding hydrogens is 365 g/mol. The van der Waals surface area contributed by atoms with Crippen molar-refractivity contribution in [3.8, 4) is 0 Å². The van der Waals surface area contributed by atoms with Gasteiger partial charge in [0.05, 0.1) is 10.0 Å². The van der Waals surface area contributed by atoms with Gasteiger partial charge < -0.3 is 5.11 Å². The first-order valence-electron chi connectivity index (χ1n) is 5.13. The molecule has 1 aromatic rings. The SMILES string of the molecule is O=C(O)C(F)(F)C(F)(F)C(F)(F)C(=O)c1ccc(Cl)c(Cl)c1. The van der Waals surface area contributed by atoms with Gasteiger partial charge in [-0.3, -0.25) is 4.79 Å². The molecule has 0 atom stereocenters. The molecule has 0 spiro atoms. The number of benzene rings is 1. The normalized spacial score (nSPS) is 13.1. The maximum atomic E-state index is 13.5.